The van der Waals surface area contributed by atoms with Crippen molar-refractivity contribution in [1.82, 2.24) is 4.98 Å². The quantitative estimate of drug-likeness (QED) is 0.589. The molecule has 1 unspecified atom stereocenters. The van der Waals surface area contributed by atoms with Crippen LogP contribution in [0.3, 0.4) is 0 Å². The van der Waals surface area contributed by atoms with E-state index in [9.17, 15) is 10.1 Å². The van der Waals surface area contributed by atoms with Crippen molar-refractivity contribution in [3.8, 4) is 5.75 Å². The van der Waals surface area contributed by atoms with Crippen LogP contribution in [-0.2, 0) is 0 Å². The van der Waals surface area contributed by atoms with Crippen molar-refractivity contribution in [3.05, 3.63) is 30.1 Å². The highest BCUT2D eigenvalue weighted by Gasteiger charge is 2.32. The first-order valence-electron chi connectivity index (χ1n) is 5.35. The zero-order valence-electron chi connectivity index (χ0n) is 9.18. The maximum Gasteiger partial charge on any atom is 0.523 e. The van der Waals surface area contributed by atoms with Crippen LogP contribution < -0.4 is 4.65 Å². The minimum Gasteiger partial charge on any atom is -0.534 e. The van der Waals surface area contributed by atoms with Crippen molar-refractivity contribution in [3.63, 3.8) is 0 Å². The zero-order chi connectivity index (χ0) is 11.7. The Hall–Kier alpha value is -1.49. The van der Waals surface area contributed by atoms with Crippen LogP contribution in [0.4, 0.5) is 0 Å². The molecule has 0 spiro atoms. The summed E-state index contributed by atoms with van der Waals surface area (Å²) in [6, 6.07) is 1.86. The van der Waals surface area contributed by atoms with Gasteiger partial charge in [-0.05, 0) is 24.0 Å². The smallest absolute Gasteiger partial charge is 0.523 e. The molecule has 0 fully saturated rings. The Kier molecular flexibility index (Phi) is 2.87. The van der Waals surface area contributed by atoms with Gasteiger partial charge in [-0.2, -0.15) is 0 Å². The third-order valence-electron chi connectivity index (χ3n) is 2.88. The van der Waals surface area contributed by atoms with Crippen LogP contribution in [0.1, 0.15) is 30.5 Å². The number of nitrogens with zero attached hydrogens (tertiary/aromatic N) is 1. The van der Waals surface area contributed by atoms with Crippen molar-refractivity contribution in [2.45, 2.75) is 25.6 Å². The summed E-state index contributed by atoms with van der Waals surface area (Å²) in [5.41, 5.74) is 1.29. The molecule has 0 aromatic carbocycles. The van der Waals surface area contributed by atoms with E-state index in [1.165, 1.54) is 0 Å². The van der Waals surface area contributed by atoms with E-state index in [1.807, 2.05) is 6.07 Å². The third kappa shape index (κ3) is 1.78. The second-order valence-electron chi connectivity index (χ2n) is 3.94. The largest absolute Gasteiger partial charge is 0.534 e. The van der Waals surface area contributed by atoms with E-state index >= 15 is 0 Å². The fourth-order valence-electron chi connectivity index (χ4n) is 2.06. The van der Waals surface area contributed by atoms with Crippen molar-refractivity contribution >= 4 is 12.9 Å². The van der Waals surface area contributed by atoms with Gasteiger partial charge >= 0.3 is 7.12 Å². The summed E-state index contributed by atoms with van der Waals surface area (Å²) in [4.78, 5) is 4.01. The Morgan fingerprint density at radius 1 is 1.75 bits per heavy atom. The molecule has 1 aliphatic heterocycles. The molecule has 4 nitrogen and oxygen atoms in total. The molecule has 16 heavy (non-hydrogen) atoms. The molecular weight excluding hydrogens is 205 g/mol. The highest BCUT2D eigenvalue weighted by atomic mass is 16.5. The average molecular weight is 219 g/mol. The highest BCUT2D eigenvalue weighted by molar-refractivity contribution is 6.44. The average Bonchev–Trinajstić information content (AvgIpc) is 2.26. The van der Waals surface area contributed by atoms with Gasteiger partial charge in [0.15, 0.2) is 0 Å². The molecule has 1 aliphatic rings. The summed E-state index contributed by atoms with van der Waals surface area (Å²) in [6.07, 6.45) is 3.11. The number of fused-ring (bicyclic) bond motifs is 1. The van der Waals surface area contributed by atoms with E-state index in [0.29, 0.717) is 17.8 Å². The lowest BCUT2D eigenvalue weighted by Crippen LogP contribution is -2.30. The molecule has 1 aromatic heterocycles. The van der Waals surface area contributed by atoms with Crippen LogP contribution in [0.15, 0.2) is 18.8 Å². The lowest BCUT2D eigenvalue weighted by molar-refractivity contribution is 0.379. The summed E-state index contributed by atoms with van der Waals surface area (Å²) in [6.45, 7) is 5.50. The van der Waals surface area contributed by atoms with Gasteiger partial charge in [0, 0.05) is 12.5 Å². The zero-order valence-corrected chi connectivity index (χ0v) is 9.18. The Balaban J connectivity index is 2.52. The van der Waals surface area contributed by atoms with E-state index in [-0.39, 0.29) is 11.7 Å². The van der Waals surface area contributed by atoms with Crippen LogP contribution in [0.5, 0.6) is 5.75 Å². The number of hydrogen-bond donors (Lipinski definition) is 2. The van der Waals surface area contributed by atoms with Gasteiger partial charge in [0.25, 0.3) is 0 Å². The number of hydrogen-bond acceptors (Lipinski definition) is 4. The molecular formula is C11H14BNO3. The summed E-state index contributed by atoms with van der Waals surface area (Å²) in [5, 5.41) is 19.0. The first-order chi connectivity index (χ1) is 7.63. The highest BCUT2D eigenvalue weighted by Crippen LogP contribution is 2.39. The first-order valence-corrected chi connectivity index (χ1v) is 5.35. The number of aliphatic hydroxyl groups is 1. The van der Waals surface area contributed by atoms with E-state index in [4.69, 9.17) is 4.65 Å². The monoisotopic (exact) mass is 219 g/mol. The molecule has 0 aliphatic carbocycles. The maximum atomic E-state index is 9.60. The lowest BCUT2D eigenvalue weighted by Gasteiger charge is -2.27. The Bertz CT molecular complexity index is 422. The van der Waals surface area contributed by atoms with Crippen molar-refractivity contribution in [2.75, 3.05) is 0 Å². The van der Waals surface area contributed by atoms with Crippen molar-refractivity contribution in [2.24, 2.45) is 0 Å². The number of aliphatic hydroxyl groups excluding tert-OH is 1. The molecule has 5 heteroatoms. The van der Waals surface area contributed by atoms with Gasteiger partial charge in [-0.1, -0.05) is 13.5 Å². The third-order valence-corrected chi connectivity index (χ3v) is 2.88. The van der Waals surface area contributed by atoms with E-state index in [1.54, 1.807) is 6.20 Å². The topological polar surface area (TPSA) is 62.6 Å². The standard InChI is InChI=1S/C11H14BNO3/c1-3-8-6-12(15)16-11-9(8)4-5-13-10(11)7(2)14/h4-5,8,14-15H,2-3,6H2,1H3. The summed E-state index contributed by atoms with van der Waals surface area (Å²) in [5.74, 6) is 0.557. The van der Waals surface area contributed by atoms with Crippen LogP contribution >= 0.6 is 0 Å². The van der Waals surface area contributed by atoms with Crippen LogP contribution in [-0.4, -0.2) is 22.2 Å². The molecule has 0 bridgehead atoms. The van der Waals surface area contributed by atoms with Gasteiger partial charge in [0.05, 0.1) is 0 Å². The fourth-order valence-corrected chi connectivity index (χ4v) is 2.06. The Labute approximate surface area is 94.7 Å². The predicted octanol–water partition coefficient (Wildman–Crippen LogP) is 1.98. The second kappa shape index (κ2) is 4.18. The molecule has 0 amide bonds. The minimum absolute atomic E-state index is 0.138. The molecule has 0 saturated heterocycles. The SMILES string of the molecule is C=C(O)c1nccc2c1OB(O)CC2CC. The van der Waals surface area contributed by atoms with Crippen LogP contribution in [0, 0.1) is 0 Å². The first kappa shape index (κ1) is 11.0. The van der Waals surface area contributed by atoms with Gasteiger partial charge in [-0.15, -0.1) is 0 Å². The summed E-state index contributed by atoms with van der Waals surface area (Å²) in [7, 11) is -0.834. The van der Waals surface area contributed by atoms with Gasteiger partial charge in [-0.3, -0.25) is 0 Å². The van der Waals surface area contributed by atoms with Gasteiger partial charge in [0.1, 0.15) is 17.2 Å². The van der Waals surface area contributed by atoms with E-state index in [2.05, 4.69) is 18.5 Å². The Morgan fingerprint density at radius 3 is 3.12 bits per heavy atom. The Morgan fingerprint density at radius 2 is 2.50 bits per heavy atom. The molecule has 0 saturated carbocycles. The normalized spacial score (nSPS) is 18.9. The second-order valence-corrected chi connectivity index (χ2v) is 3.94. The van der Waals surface area contributed by atoms with E-state index < -0.39 is 7.12 Å². The van der Waals surface area contributed by atoms with Crippen molar-refractivity contribution < 1.29 is 14.8 Å². The molecule has 0 radical (unpaired) electrons. The predicted molar refractivity (Wildman–Crippen MR) is 62.3 cm³/mol. The van der Waals surface area contributed by atoms with Gasteiger partial charge in [-0.25, -0.2) is 4.98 Å². The molecule has 2 heterocycles. The molecule has 2 N–H and O–H groups in total. The van der Waals surface area contributed by atoms with Gasteiger partial charge < -0.3 is 14.8 Å². The maximum absolute atomic E-state index is 9.60. The van der Waals surface area contributed by atoms with Gasteiger partial charge in [0.2, 0.25) is 0 Å². The number of aromatic nitrogens is 1. The number of rotatable bonds is 2. The fraction of sp³-hybridized carbons (Fsp3) is 0.364. The lowest BCUT2D eigenvalue weighted by atomic mass is 9.71. The van der Waals surface area contributed by atoms with Crippen LogP contribution in [0.2, 0.25) is 6.32 Å². The minimum atomic E-state index is -0.834. The van der Waals surface area contributed by atoms with E-state index in [0.717, 1.165) is 12.0 Å². The molecule has 84 valence electrons. The van der Waals surface area contributed by atoms with Crippen molar-refractivity contribution in [1.29, 1.82) is 0 Å². The molecule has 1 aromatic rings. The summed E-state index contributed by atoms with van der Waals surface area (Å²) < 4.78 is 5.33. The number of pyridine rings is 1. The molecule has 2 rings (SSSR count). The van der Waals surface area contributed by atoms with Crippen LogP contribution in [0.25, 0.3) is 5.76 Å². The summed E-state index contributed by atoms with van der Waals surface area (Å²) >= 11 is 0. The molecule has 1 atom stereocenters.